The second-order valence-corrected chi connectivity index (χ2v) is 5.45. The summed E-state index contributed by atoms with van der Waals surface area (Å²) in [5, 5.41) is 2.85. The molecular weight excluding hydrogens is 288 g/mol. The van der Waals surface area contributed by atoms with Gasteiger partial charge in [-0.1, -0.05) is 30.3 Å². The molecule has 0 saturated carbocycles. The predicted molar refractivity (Wildman–Crippen MR) is 83.8 cm³/mol. The summed E-state index contributed by atoms with van der Waals surface area (Å²) in [5.41, 5.74) is 0.621. The number of hydrogen-bond acceptors (Lipinski definition) is 2. The lowest BCUT2D eigenvalue weighted by molar-refractivity contribution is 0.0911. The molecule has 1 aromatic heterocycles. The first-order valence-electron chi connectivity index (χ1n) is 6.59. The molecule has 1 amide bonds. The Bertz CT molecular complexity index is 697. The van der Waals surface area contributed by atoms with Crippen molar-refractivity contribution in [3.63, 3.8) is 0 Å². The molecule has 0 saturated heterocycles. The lowest BCUT2D eigenvalue weighted by Gasteiger charge is -2.29. The van der Waals surface area contributed by atoms with E-state index in [1.54, 1.807) is 6.92 Å². The van der Waals surface area contributed by atoms with Gasteiger partial charge >= 0.3 is 0 Å². The SMILES string of the molecule is Cc1cc(=O)c(C(=O)NC(C)(CCl)c2ccccc2)c[nH]1. The molecule has 1 heterocycles. The summed E-state index contributed by atoms with van der Waals surface area (Å²) in [7, 11) is 0. The summed E-state index contributed by atoms with van der Waals surface area (Å²) in [6.45, 7) is 3.59. The molecule has 0 radical (unpaired) electrons. The van der Waals surface area contributed by atoms with E-state index in [4.69, 9.17) is 11.6 Å². The maximum atomic E-state index is 12.3. The lowest BCUT2D eigenvalue weighted by atomic mass is 9.93. The quantitative estimate of drug-likeness (QED) is 0.853. The van der Waals surface area contributed by atoms with E-state index in [-0.39, 0.29) is 16.9 Å². The molecule has 2 aromatic rings. The van der Waals surface area contributed by atoms with Crippen LogP contribution in [-0.4, -0.2) is 16.8 Å². The van der Waals surface area contributed by atoms with Gasteiger partial charge in [0.15, 0.2) is 5.43 Å². The minimum absolute atomic E-state index is 0.0767. The second kappa shape index (κ2) is 6.14. The first kappa shape index (κ1) is 15.3. The van der Waals surface area contributed by atoms with E-state index in [1.165, 1.54) is 12.3 Å². The fourth-order valence-electron chi connectivity index (χ4n) is 2.06. The Balaban J connectivity index is 2.30. The van der Waals surface area contributed by atoms with Crippen LogP contribution >= 0.6 is 11.6 Å². The standard InChI is InChI=1S/C16H17ClN2O2/c1-11-8-14(20)13(9-18-11)15(21)19-16(2,10-17)12-6-4-3-5-7-12/h3-9H,10H2,1-2H3,(H,18,20)(H,19,21). The number of aromatic amines is 1. The number of alkyl halides is 1. The van der Waals surface area contributed by atoms with Gasteiger partial charge in [0.05, 0.1) is 5.54 Å². The molecular formula is C16H17ClN2O2. The molecule has 2 N–H and O–H groups in total. The number of aromatic nitrogens is 1. The summed E-state index contributed by atoms with van der Waals surface area (Å²) in [5.74, 6) is -0.241. The van der Waals surface area contributed by atoms with Gasteiger partial charge in [-0.15, -0.1) is 11.6 Å². The van der Waals surface area contributed by atoms with E-state index >= 15 is 0 Å². The van der Waals surface area contributed by atoms with Crippen molar-refractivity contribution in [2.45, 2.75) is 19.4 Å². The van der Waals surface area contributed by atoms with Crippen LogP contribution in [-0.2, 0) is 5.54 Å². The second-order valence-electron chi connectivity index (χ2n) is 5.18. The zero-order chi connectivity index (χ0) is 15.5. The molecule has 0 fully saturated rings. The Morgan fingerprint density at radius 2 is 2.00 bits per heavy atom. The molecule has 0 aliphatic heterocycles. The molecule has 0 aliphatic rings. The van der Waals surface area contributed by atoms with Gasteiger partial charge in [-0.25, -0.2) is 0 Å². The van der Waals surface area contributed by atoms with E-state index in [1.807, 2.05) is 37.3 Å². The first-order chi connectivity index (χ1) is 9.96. The topological polar surface area (TPSA) is 62.0 Å². The average molecular weight is 305 g/mol. The van der Waals surface area contributed by atoms with Crippen molar-refractivity contribution >= 4 is 17.5 Å². The van der Waals surface area contributed by atoms with E-state index < -0.39 is 11.4 Å². The highest BCUT2D eigenvalue weighted by atomic mass is 35.5. The normalized spacial score (nSPS) is 13.5. The zero-order valence-corrected chi connectivity index (χ0v) is 12.7. The van der Waals surface area contributed by atoms with Gasteiger partial charge in [-0.2, -0.15) is 0 Å². The molecule has 1 unspecified atom stereocenters. The van der Waals surface area contributed by atoms with E-state index in [2.05, 4.69) is 10.3 Å². The highest BCUT2D eigenvalue weighted by molar-refractivity contribution is 6.19. The third kappa shape index (κ3) is 3.34. The number of rotatable bonds is 4. The van der Waals surface area contributed by atoms with Crippen LogP contribution in [0.25, 0.3) is 0 Å². The van der Waals surface area contributed by atoms with Gasteiger partial charge in [0.2, 0.25) is 0 Å². The molecule has 1 aromatic carbocycles. The smallest absolute Gasteiger partial charge is 0.257 e. The van der Waals surface area contributed by atoms with Gasteiger partial charge in [0, 0.05) is 23.8 Å². The summed E-state index contributed by atoms with van der Waals surface area (Å²) in [6, 6.07) is 10.8. The maximum Gasteiger partial charge on any atom is 0.257 e. The molecule has 110 valence electrons. The Hall–Kier alpha value is -2.07. The number of H-pyrrole nitrogens is 1. The van der Waals surface area contributed by atoms with Crippen LogP contribution in [0, 0.1) is 6.92 Å². The molecule has 1 atom stereocenters. The van der Waals surface area contributed by atoms with Crippen molar-refractivity contribution in [3.05, 3.63) is 69.6 Å². The maximum absolute atomic E-state index is 12.3. The lowest BCUT2D eigenvalue weighted by Crippen LogP contribution is -2.46. The monoisotopic (exact) mass is 304 g/mol. The van der Waals surface area contributed by atoms with Crippen molar-refractivity contribution in [1.82, 2.24) is 10.3 Å². The van der Waals surface area contributed by atoms with Crippen LogP contribution in [0.2, 0.25) is 0 Å². The fraction of sp³-hybridized carbons (Fsp3) is 0.250. The van der Waals surface area contributed by atoms with Crippen molar-refractivity contribution < 1.29 is 4.79 Å². The van der Waals surface area contributed by atoms with Crippen LogP contribution in [0.5, 0.6) is 0 Å². The first-order valence-corrected chi connectivity index (χ1v) is 7.13. The fourth-order valence-corrected chi connectivity index (χ4v) is 2.28. The summed E-state index contributed by atoms with van der Waals surface area (Å²) in [6.07, 6.45) is 1.42. The van der Waals surface area contributed by atoms with E-state index in [9.17, 15) is 9.59 Å². The highest BCUT2D eigenvalue weighted by Crippen LogP contribution is 2.22. The van der Waals surface area contributed by atoms with Gasteiger partial charge in [-0.3, -0.25) is 9.59 Å². The van der Waals surface area contributed by atoms with E-state index in [0.29, 0.717) is 5.69 Å². The number of benzene rings is 1. The van der Waals surface area contributed by atoms with Crippen molar-refractivity contribution in [3.8, 4) is 0 Å². The van der Waals surface area contributed by atoms with Crippen molar-refractivity contribution in [2.75, 3.05) is 5.88 Å². The third-order valence-corrected chi connectivity index (χ3v) is 3.90. The molecule has 21 heavy (non-hydrogen) atoms. The van der Waals surface area contributed by atoms with Crippen LogP contribution in [0.4, 0.5) is 0 Å². The van der Waals surface area contributed by atoms with Crippen molar-refractivity contribution in [1.29, 1.82) is 0 Å². The Morgan fingerprint density at radius 1 is 1.33 bits per heavy atom. The summed E-state index contributed by atoms with van der Waals surface area (Å²) in [4.78, 5) is 27.1. The van der Waals surface area contributed by atoms with Crippen LogP contribution < -0.4 is 10.7 Å². The van der Waals surface area contributed by atoms with Gasteiger partial charge in [0.1, 0.15) is 5.56 Å². The average Bonchev–Trinajstić information content (AvgIpc) is 2.47. The number of pyridine rings is 1. The van der Waals surface area contributed by atoms with Crippen LogP contribution in [0.1, 0.15) is 28.5 Å². The summed E-state index contributed by atoms with van der Waals surface area (Å²) < 4.78 is 0. The van der Waals surface area contributed by atoms with Crippen LogP contribution in [0.15, 0.2) is 47.4 Å². The minimum Gasteiger partial charge on any atom is -0.364 e. The molecule has 0 aliphatic carbocycles. The van der Waals surface area contributed by atoms with Crippen LogP contribution in [0.3, 0.4) is 0 Å². The molecule has 0 spiro atoms. The Morgan fingerprint density at radius 3 is 2.57 bits per heavy atom. The predicted octanol–water partition coefficient (Wildman–Crippen LogP) is 2.57. The molecule has 5 heteroatoms. The van der Waals surface area contributed by atoms with E-state index in [0.717, 1.165) is 5.56 Å². The summed E-state index contributed by atoms with van der Waals surface area (Å²) >= 11 is 6.04. The number of carbonyl (C=O) groups excluding carboxylic acids is 1. The molecule has 0 bridgehead atoms. The third-order valence-electron chi connectivity index (χ3n) is 3.37. The Kier molecular flexibility index (Phi) is 4.48. The highest BCUT2D eigenvalue weighted by Gasteiger charge is 2.28. The van der Waals surface area contributed by atoms with Gasteiger partial charge < -0.3 is 10.3 Å². The van der Waals surface area contributed by atoms with Gasteiger partial charge in [0.25, 0.3) is 5.91 Å². The molecule has 4 nitrogen and oxygen atoms in total. The number of halogens is 1. The molecule has 2 rings (SSSR count). The number of carbonyl (C=O) groups is 1. The largest absolute Gasteiger partial charge is 0.364 e. The number of amides is 1. The number of hydrogen-bond donors (Lipinski definition) is 2. The number of nitrogens with one attached hydrogen (secondary N) is 2. The van der Waals surface area contributed by atoms with Gasteiger partial charge in [-0.05, 0) is 19.4 Å². The minimum atomic E-state index is -0.739. The zero-order valence-electron chi connectivity index (χ0n) is 11.9. The van der Waals surface area contributed by atoms with Crippen molar-refractivity contribution in [2.24, 2.45) is 0 Å². The number of aryl methyl sites for hydroxylation is 1. The Labute approximate surface area is 128 Å².